The van der Waals surface area contributed by atoms with Crippen LogP contribution in [0.25, 0.3) is 0 Å². The Hall–Kier alpha value is -1.84. The molecular weight excluding hydrogens is 232 g/mol. The lowest BCUT2D eigenvalue weighted by Crippen LogP contribution is -2.16. The fourth-order valence-electron chi connectivity index (χ4n) is 2.02. The van der Waals surface area contributed by atoms with Gasteiger partial charge < -0.3 is 9.47 Å². The fourth-order valence-corrected chi connectivity index (χ4v) is 2.02. The van der Waals surface area contributed by atoms with E-state index in [2.05, 4.69) is 0 Å². The van der Waals surface area contributed by atoms with Gasteiger partial charge in [-0.3, -0.25) is 4.79 Å². The topological polar surface area (TPSA) is 52.6 Å². The van der Waals surface area contributed by atoms with Crippen molar-refractivity contribution in [3.8, 4) is 5.75 Å². The molecule has 0 spiro atoms. The van der Waals surface area contributed by atoms with Crippen molar-refractivity contribution < 1.29 is 19.1 Å². The zero-order valence-corrected chi connectivity index (χ0v) is 10.4. The number of carbonyl (C=O) groups excluding carboxylic acids is 2. The average Bonchev–Trinajstić information content (AvgIpc) is 2.36. The first kappa shape index (κ1) is 12.6. The van der Waals surface area contributed by atoms with Crippen LogP contribution in [0.4, 0.5) is 0 Å². The predicted molar refractivity (Wildman–Crippen MR) is 65.6 cm³/mol. The third-order valence-corrected chi connectivity index (χ3v) is 2.90. The molecule has 0 fully saturated rings. The largest absolute Gasteiger partial charge is 0.482 e. The summed E-state index contributed by atoms with van der Waals surface area (Å²) in [4.78, 5) is 22.5. The van der Waals surface area contributed by atoms with E-state index in [1.54, 1.807) is 6.92 Å². The van der Waals surface area contributed by atoms with Crippen molar-refractivity contribution in [3.05, 3.63) is 29.3 Å². The van der Waals surface area contributed by atoms with Crippen molar-refractivity contribution in [3.63, 3.8) is 0 Å². The summed E-state index contributed by atoms with van der Waals surface area (Å²) >= 11 is 0. The van der Waals surface area contributed by atoms with Crippen LogP contribution < -0.4 is 4.74 Å². The summed E-state index contributed by atoms with van der Waals surface area (Å²) in [6, 6.07) is 5.63. The van der Waals surface area contributed by atoms with Gasteiger partial charge in [-0.1, -0.05) is 6.07 Å². The molecule has 0 saturated heterocycles. The number of ketones is 1. The van der Waals surface area contributed by atoms with Crippen LogP contribution >= 0.6 is 0 Å². The number of esters is 1. The molecule has 0 heterocycles. The standard InChI is InChI=1S/C14H16O4/c1-2-17-14(16)9-18-13-6-4-10-3-5-12(15)7-11(10)8-13/h4,6,8H,2-3,5,7,9H2,1H3. The van der Waals surface area contributed by atoms with E-state index in [4.69, 9.17) is 9.47 Å². The molecule has 0 radical (unpaired) electrons. The molecule has 0 atom stereocenters. The number of benzene rings is 1. The Labute approximate surface area is 106 Å². The van der Waals surface area contributed by atoms with E-state index in [0.717, 1.165) is 12.0 Å². The van der Waals surface area contributed by atoms with Gasteiger partial charge >= 0.3 is 5.97 Å². The molecule has 1 aliphatic rings. The highest BCUT2D eigenvalue weighted by Crippen LogP contribution is 2.23. The van der Waals surface area contributed by atoms with E-state index in [0.29, 0.717) is 25.2 Å². The average molecular weight is 248 g/mol. The number of fused-ring (bicyclic) bond motifs is 1. The monoisotopic (exact) mass is 248 g/mol. The second-order valence-corrected chi connectivity index (χ2v) is 4.24. The van der Waals surface area contributed by atoms with Crippen molar-refractivity contribution in [2.75, 3.05) is 13.2 Å². The van der Waals surface area contributed by atoms with E-state index in [9.17, 15) is 9.59 Å². The number of carbonyl (C=O) groups is 2. The number of rotatable bonds is 4. The van der Waals surface area contributed by atoms with Gasteiger partial charge in [0.2, 0.25) is 0 Å². The highest BCUT2D eigenvalue weighted by atomic mass is 16.6. The molecule has 0 N–H and O–H groups in total. The minimum Gasteiger partial charge on any atom is -0.482 e. The molecule has 2 rings (SSSR count). The first-order chi connectivity index (χ1) is 8.69. The zero-order valence-electron chi connectivity index (χ0n) is 10.4. The minimum atomic E-state index is -0.383. The van der Waals surface area contributed by atoms with E-state index in [1.807, 2.05) is 18.2 Å². The summed E-state index contributed by atoms with van der Waals surface area (Å²) in [6.07, 6.45) is 1.88. The predicted octanol–water partition coefficient (Wildman–Crippen LogP) is 1.69. The van der Waals surface area contributed by atoms with Crippen molar-refractivity contribution in [1.82, 2.24) is 0 Å². The van der Waals surface area contributed by atoms with Crippen LogP contribution in [-0.4, -0.2) is 25.0 Å². The van der Waals surface area contributed by atoms with Crippen LogP contribution in [0.1, 0.15) is 24.5 Å². The van der Waals surface area contributed by atoms with Crippen LogP contribution in [0.2, 0.25) is 0 Å². The third kappa shape index (κ3) is 3.09. The molecule has 0 saturated carbocycles. The summed E-state index contributed by atoms with van der Waals surface area (Å²) in [5.74, 6) is 0.479. The Bertz CT molecular complexity index is 465. The Morgan fingerprint density at radius 3 is 2.89 bits per heavy atom. The molecule has 1 aromatic rings. The van der Waals surface area contributed by atoms with Gasteiger partial charge in [0.1, 0.15) is 11.5 Å². The van der Waals surface area contributed by atoms with Gasteiger partial charge in [0.15, 0.2) is 6.61 Å². The molecule has 0 unspecified atom stereocenters. The SMILES string of the molecule is CCOC(=O)COc1ccc2c(c1)CC(=O)CC2. The summed E-state index contributed by atoms with van der Waals surface area (Å²) in [7, 11) is 0. The Balaban J connectivity index is 2.00. The van der Waals surface area contributed by atoms with E-state index in [1.165, 1.54) is 5.56 Å². The van der Waals surface area contributed by atoms with Gasteiger partial charge in [0.25, 0.3) is 0 Å². The fraction of sp³-hybridized carbons (Fsp3) is 0.429. The minimum absolute atomic E-state index is 0.0967. The van der Waals surface area contributed by atoms with Crippen LogP contribution in [0.3, 0.4) is 0 Å². The van der Waals surface area contributed by atoms with Crippen LogP contribution in [0, 0.1) is 0 Å². The molecule has 1 aromatic carbocycles. The van der Waals surface area contributed by atoms with Gasteiger partial charge in [-0.15, -0.1) is 0 Å². The molecule has 1 aliphatic carbocycles. The molecule has 0 bridgehead atoms. The van der Waals surface area contributed by atoms with Crippen LogP contribution in [0.15, 0.2) is 18.2 Å². The van der Waals surface area contributed by atoms with Crippen molar-refractivity contribution >= 4 is 11.8 Å². The second-order valence-electron chi connectivity index (χ2n) is 4.24. The molecule has 0 amide bonds. The number of aryl methyl sites for hydroxylation is 1. The lowest BCUT2D eigenvalue weighted by molar-refractivity contribution is -0.145. The summed E-state index contributed by atoms with van der Waals surface area (Å²) in [5.41, 5.74) is 2.20. The normalized spacial score (nSPS) is 13.9. The lowest BCUT2D eigenvalue weighted by Gasteiger charge is -2.16. The second kappa shape index (κ2) is 5.67. The maximum atomic E-state index is 11.4. The molecule has 4 heteroatoms. The van der Waals surface area contributed by atoms with E-state index < -0.39 is 0 Å². The number of ether oxygens (including phenoxy) is 2. The lowest BCUT2D eigenvalue weighted by atomic mass is 9.91. The first-order valence-electron chi connectivity index (χ1n) is 6.11. The van der Waals surface area contributed by atoms with Gasteiger partial charge in [-0.25, -0.2) is 4.79 Å². The van der Waals surface area contributed by atoms with Crippen molar-refractivity contribution in [1.29, 1.82) is 0 Å². The zero-order chi connectivity index (χ0) is 13.0. The third-order valence-electron chi connectivity index (χ3n) is 2.90. The molecule has 4 nitrogen and oxygen atoms in total. The van der Waals surface area contributed by atoms with E-state index >= 15 is 0 Å². The van der Waals surface area contributed by atoms with Gasteiger partial charge in [0, 0.05) is 12.8 Å². The quantitative estimate of drug-likeness (QED) is 0.761. The number of hydrogen-bond acceptors (Lipinski definition) is 4. The molecule has 0 aromatic heterocycles. The summed E-state index contributed by atoms with van der Waals surface area (Å²) in [6.45, 7) is 2.00. The van der Waals surface area contributed by atoms with Gasteiger partial charge in [-0.2, -0.15) is 0 Å². The molecule has 18 heavy (non-hydrogen) atoms. The van der Waals surface area contributed by atoms with Gasteiger partial charge in [-0.05, 0) is 36.6 Å². The smallest absolute Gasteiger partial charge is 0.344 e. The van der Waals surface area contributed by atoms with Gasteiger partial charge in [0.05, 0.1) is 6.61 Å². The molecule has 0 aliphatic heterocycles. The number of hydrogen-bond donors (Lipinski definition) is 0. The summed E-state index contributed by atoms with van der Waals surface area (Å²) in [5, 5.41) is 0. The summed E-state index contributed by atoms with van der Waals surface area (Å²) < 4.78 is 10.1. The highest BCUT2D eigenvalue weighted by molar-refractivity contribution is 5.83. The Kier molecular flexibility index (Phi) is 3.97. The highest BCUT2D eigenvalue weighted by Gasteiger charge is 2.16. The number of Topliss-reactive ketones (excluding diaryl/α,β-unsaturated/α-hetero) is 1. The molecular formula is C14H16O4. The van der Waals surface area contributed by atoms with Crippen LogP contribution in [0.5, 0.6) is 5.75 Å². The van der Waals surface area contributed by atoms with Crippen molar-refractivity contribution in [2.45, 2.75) is 26.2 Å². The maximum absolute atomic E-state index is 11.4. The van der Waals surface area contributed by atoms with Crippen molar-refractivity contribution in [2.24, 2.45) is 0 Å². The first-order valence-corrected chi connectivity index (χ1v) is 6.11. The Morgan fingerprint density at radius 2 is 2.11 bits per heavy atom. The molecule has 96 valence electrons. The van der Waals surface area contributed by atoms with E-state index in [-0.39, 0.29) is 18.4 Å². The van der Waals surface area contributed by atoms with Crippen LogP contribution in [-0.2, 0) is 27.2 Å². The Morgan fingerprint density at radius 1 is 1.28 bits per heavy atom. The maximum Gasteiger partial charge on any atom is 0.344 e.